The van der Waals surface area contributed by atoms with Gasteiger partial charge in [-0.1, -0.05) is 11.6 Å². The zero-order valence-corrected chi connectivity index (χ0v) is 13.5. The minimum absolute atomic E-state index is 0.469. The summed E-state index contributed by atoms with van der Waals surface area (Å²) in [5.41, 5.74) is 0.729. The van der Waals surface area contributed by atoms with Crippen molar-refractivity contribution in [1.82, 2.24) is 14.9 Å². The number of pyridine rings is 2. The molecule has 3 rings (SSSR count). The number of nitrogens with zero attached hydrogens (tertiary/aromatic N) is 3. The van der Waals surface area contributed by atoms with Crippen molar-refractivity contribution in [2.45, 2.75) is 18.9 Å². The molecule has 1 N–H and O–H groups in total. The van der Waals surface area contributed by atoms with Gasteiger partial charge < -0.3 is 15.0 Å². The highest BCUT2D eigenvalue weighted by Crippen LogP contribution is 2.19. The van der Waals surface area contributed by atoms with Gasteiger partial charge in [-0.15, -0.1) is 0 Å². The molecule has 1 saturated heterocycles. The number of methoxy groups -OCH3 is 1. The van der Waals surface area contributed by atoms with Crippen LogP contribution in [0.15, 0.2) is 24.4 Å². The molecule has 0 spiro atoms. The quantitative estimate of drug-likeness (QED) is 0.918. The second-order valence-electron chi connectivity index (χ2n) is 5.65. The van der Waals surface area contributed by atoms with Gasteiger partial charge in [-0.05, 0) is 31.0 Å². The van der Waals surface area contributed by atoms with E-state index in [2.05, 4.69) is 20.2 Å². The van der Waals surface area contributed by atoms with Crippen molar-refractivity contribution < 1.29 is 4.74 Å². The number of hydrogen-bond donors (Lipinski definition) is 1. The van der Waals surface area contributed by atoms with Crippen molar-refractivity contribution in [3.05, 3.63) is 29.4 Å². The third-order valence-corrected chi connectivity index (χ3v) is 4.27. The van der Waals surface area contributed by atoms with Gasteiger partial charge in [0.1, 0.15) is 5.82 Å². The first-order valence-corrected chi connectivity index (χ1v) is 8.02. The number of likely N-dealkylation sites (tertiary alicyclic amines) is 1. The molecule has 2 aromatic heterocycles. The van der Waals surface area contributed by atoms with Crippen molar-refractivity contribution in [1.29, 1.82) is 0 Å². The van der Waals surface area contributed by atoms with Crippen LogP contribution in [0.4, 0.5) is 5.82 Å². The molecule has 22 heavy (non-hydrogen) atoms. The van der Waals surface area contributed by atoms with E-state index in [-0.39, 0.29) is 0 Å². The van der Waals surface area contributed by atoms with E-state index in [4.69, 9.17) is 16.3 Å². The number of rotatable bonds is 5. The Kier molecular flexibility index (Phi) is 5.08. The zero-order valence-electron chi connectivity index (χ0n) is 12.8. The lowest BCUT2D eigenvalue weighted by Gasteiger charge is -2.32. The molecule has 5 nitrogen and oxygen atoms in total. The Morgan fingerprint density at radius 3 is 2.95 bits per heavy atom. The van der Waals surface area contributed by atoms with Gasteiger partial charge in [0.25, 0.3) is 0 Å². The number of nitrogens with one attached hydrogen (secondary N) is 1. The van der Waals surface area contributed by atoms with Gasteiger partial charge in [0.15, 0.2) is 5.65 Å². The van der Waals surface area contributed by atoms with E-state index >= 15 is 0 Å². The lowest BCUT2D eigenvalue weighted by Crippen LogP contribution is -2.40. The van der Waals surface area contributed by atoms with Crippen LogP contribution in [0.1, 0.15) is 12.8 Å². The average Bonchev–Trinajstić information content (AvgIpc) is 2.54. The average molecular weight is 321 g/mol. The summed E-state index contributed by atoms with van der Waals surface area (Å²) in [5.74, 6) is 0.887. The van der Waals surface area contributed by atoms with Crippen LogP contribution < -0.4 is 5.32 Å². The molecular weight excluding hydrogens is 300 g/mol. The lowest BCUT2D eigenvalue weighted by atomic mass is 10.1. The van der Waals surface area contributed by atoms with Crippen LogP contribution in [0, 0.1) is 0 Å². The maximum Gasteiger partial charge on any atom is 0.161 e. The van der Waals surface area contributed by atoms with Crippen LogP contribution in [-0.2, 0) is 4.74 Å². The van der Waals surface area contributed by atoms with Gasteiger partial charge in [-0.3, -0.25) is 0 Å². The topological polar surface area (TPSA) is 50.3 Å². The first-order chi connectivity index (χ1) is 10.7. The van der Waals surface area contributed by atoms with Crippen LogP contribution in [0.2, 0.25) is 5.02 Å². The fraction of sp³-hybridized carbons (Fsp3) is 0.500. The number of ether oxygens (including phenoxy) is 1. The maximum atomic E-state index is 5.94. The Bertz CT molecular complexity index is 629. The van der Waals surface area contributed by atoms with Crippen molar-refractivity contribution >= 4 is 28.5 Å². The van der Waals surface area contributed by atoms with Crippen molar-refractivity contribution in [3.8, 4) is 0 Å². The molecular formula is C16H21ClN4O. The molecule has 0 atom stereocenters. The monoisotopic (exact) mass is 320 g/mol. The smallest absolute Gasteiger partial charge is 0.161 e. The molecule has 0 radical (unpaired) electrons. The number of piperidine rings is 1. The van der Waals surface area contributed by atoms with Gasteiger partial charge >= 0.3 is 0 Å². The normalized spacial score (nSPS) is 17.0. The zero-order chi connectivity index (χ0) is 15.4. The van der Waals surface area contributed by atoms with Gasteiger partial charge in [-0.2, -0.15) is 0 Å². The number of aromatic nitrogens is 2. The molecule has 1 fully saturated rings. The van der Waals surface area contributed by atoms with E-state index < -0.39 is 0 Å². The molecule has 0 aromatic carbocycles. The summed E-state index contributed by atoms with van der Waals surface area (Å²) in [4.78, 5) is 11.3. The molecule has 6 heteroatoms. The van der Waals surface area contributed by atoms with E-state index in [1.54, 1.807) is 13.3 Å². The van der Waals surface area contributed by atoms with E-state index in [0.717, 1.165) is 55.9 Å². The first-order valence-electron chi connectivity index (χ1n) is 7.65. The summed E-state index contributed by atoms with van der Waals surface area (Å²) in [7, 11) is 1.75. The molecule has 0 saturated carbocycles. The minimum Gasteiger partial charge on any atom is -0.383 e. The Hall–Kier alpha value is -1.43. The number of fused-ring (bicyclic) bond motifs is 1. The summed E-state index contributed by atoms with van der Waals surface area (Å²) in [6, 6.07) is 6.36. The fourth-order valence-corrected chi connectivity index (χ4v) is 2.96. The predicted molar refractivity (Wildman–Crippen MR) is 89.5 cm³/mol. The van der Waals surface area contributed by atoms with E-state index in [9.17, 15) is 0 Å². The SMILES string of the molecule is COCCN1CCC(Nc2ccc3cc(Cl)cnc3n2)CC1. The van der Waals surface area contributed by atoms with E-state index in [0.29, 0.717) is 11.1 Å². The van der Waals surface area contributed by atoms with Crippen molar-refractivity contribution in [3.63, 3.8) is 0 Å². The lowest BCUT2D eigenvalue weighted by molar-refractivity contribution is 0.132. The van der Waals surface area contributed by atoms with Crippen molar-refractivity contribution in [2.24, 2.45) is 0 Å². The van der Waals surface area contributed by atoms with Crippen molar-refractivity contribution in [2.75, 3.05) is 38.7 Å². The Balaban J connectivity index is 1.59. The van der Waals surface area contributed by atoms with Gasteiger partial charge in [0.05, 0.1) is 11.6 Å². The molecule has 2 aromatic rings. The van der Waals surface area contributed by atoms with Crippen LogP contribution in [0.3, 0.4) is 0 Å². The summed E-state index contributed by atoms with van der Waals surface area (Å²) < 4.78 is 5.13. The molecule has 0 aliphatic carbocycles. The summed E-state index contributed by atoms with van der Waals surface area (Å²) in [5, 5.41) is 5.12. The molecule has 1 aliphatic heterocycles. The maximum absolute atomic E-state index is 5.94. The Morgan fingerprint density at radius 2 is 2.18 bits per heavy atom. The van der Waals surface area contributed by atoms with E-state index in [1.807, 2.05) is 18.2 Å². The fourth-order valence-electron chi connectivity index (χ4n) is 2.79. The van der Waals surface area contributed by atoms with Crippen LogP contribution in [0.5, 0.6) is 0 Å². The minimum atomic E-state index is 0.469. The molecule has 0 bridgehead atoms. The van der Waals surface area contributed by atoms with Gasteiger partial charge in [-0.25, -0.2) is 9.97 Å². The number of halogens is 1. The van der Waals surface area contributed by atoms with Gasteiger partial charge in [0, 0.05) is 44.4 Å². The molecule has 1 aliphatic rings. The van der Waals surface area contributed by atoms with Crippen LogP contribution in [0.25, 0.3) is 11.0 Å². The molecule has 3 heterocycles. The number of hydrogen-bond acceptors (Lipinski definition) is 5. The highest BCUT2D eigenvalue weighted by molar-refractivity contribution is 6.31. The summed E-state index contributed by atoms with van der Waals surface area (Å²) >= 11 is 5.94. The molecule has 0 amide bonds. The third kappa shape index (κ3) is 3.85. The molecule has 118 valence electrons. The van der Waals surface area contributed by atoms with Crippen LogP contribution >= 0.6 is 11.6 Å². The predicted octanol–water partition coefficient (Wildman–Crippen LogP) is 2.81. The number of anilines is 1. The highest BCUT2D eigenvalue weighted by Gasteiger charge is 2.19. The van der Waals surface area contributed by atoms with E-state index in [1.165, 1.54) is 0 Å². The first kappa shape index (κ1) is 15.5. The third-order valence-electron chi connectivity index (χ3n) is 4.06. The van der Waals surface area contributed by atoms with Crippen LogP contribution in [-0.4, -0.2) is 54.3 Å². The van der Waals surface area contributed by atoms with Gasteiger partial charge in [0.2, 0.25) is 0 Å². The Labute approximate surface area is 135 Å². The second-order valence-corrected chi connectivity index (χ2v) is 6.09. The highest BCUT2D eigenvalue weighted by atomic mass is 35.5. The second kappa shape index (κ2) is 7.22. The Morgan fingerprint density at radius 1 is 1.36 bits per heavy atom. The molecule has 0 unspecified atom stereocenters. The summed E-state index contributed by atoms with van der Waals surface area (Å²) in [6.07, 6.45) is 3.88. The standard InChI is InChI=1S/C16H21ClN4O/c1-22-9-8-21-6-4-14(5-7-21)19-15-3-2-12-10-13(17)11-18-16(12)20-15/h2-3,10-11,14H,4-9H2,1H3,(H,18,19,20). The largest absolute Gasteiger partial charge is 0.383 e. The summed E-state index contributed by atoms with van der Waals surface area (Å²) in [6.45, 7) is 4.02.